The average Bonchev–Trinajstić information content (AvgIpc) is 2.15. The van der Waals surface area contributed by atoms with Crippen molar-refractivity contribution in [1.29, 1.82) is 0 Å². The number of carbonyl (C=O) groups is 2. The molecule has 100 valence electrons. The summed E-state index contributed by atoms with van der Waals surface area (Å²) in [5, 5.41) is 0. The molecule has 0 heterocycles. The molecule has 0 saturated heterocycles. The second-order valence-corrected chi connectivity index (χ2v) is 5.25. The highest BCUT2D eigenvalue weighted by molar-refractivity contribution is 7.89. The molecular formula is C8H17N3O5S. The third-order valence-electron chi connectivity index (χ3n) is 1.61. The second kappa shape index (κ2) is 7.20. The number of nitrogens with one attached hydrogen (secondary N) is 2. The van der Waals surface area contributed by atoms with Crippen LogP contribution in [-0.2, 0) is 24.4 Å². The van der Waals surface area contributed by atoms with Gasteiger partial charge in [0, 0.05) is 0 Å². The Balaban J connectivity index is 4.10. The van der Waals surface area contributed by atoms with Crippen LogP contribution in [0.15, 0.2) is 0 Å². The molecule has 1 unspecified atom stereocenters. The topological polar surface area (TPSA) is 128 Å². The summed E-state index contributed by atoms with van der Waals surface area (Å²) in [7, 11) is -3.48. The molecule has 0 rings (SSSR count). The van der Waals surface area contributed by atoms with Crippen molar-refractivity contribution >= 4 is 21.8 Å². The first kappa shape index (κ1) is 15.8. The van der Waals surface area contributed by atoms with E-state index in [1.807, 2.05) is 5.48 Å². The zero-order valence-electron chi connectivity index (χ0n) is 9.73. The Hall–Kier alpha value is -1.19. The van der Waals surface area contributed by atoms with E-state index in [-0.39, 0.29) is 5.75 Å². The van der Waals surface area contributed by atoms with Crippen molar-refractivity contribution in [3.63, 3.8) is 0 Å². The van der Waals surface area contributed by atoms with Gasteiger partial charge in [-0.05, 0) is 13.3 Å². The lowest BCUT2D eigenvalue weighted by Gasteiger charge is -2.13. The SMILES string of the molecule is CCCS(=O)(=O)NC(C)C(=O)NOCC(N)=O. The maximum atomic E-state index is 11.3. The largest absolute Gasteiger partial charge is 0.368 e. The molecule has 0 aliphatic rings. The molecule has 0 aromatic rings. The van der Waals surface area contributed by atoms with E-state index in [2.05, 4.69) is 9.56 Å². The maximum absolute atomic E-state index is 11.3. The van der Waals surface area contributed by atoms with Gasteiger partial charge in [0.15, 0.2) is 6.61 Å². The molecule has 0 aromatic carbocycles. The van der Waals surface area contributed by atoms with Crippen LogP contribution in [0.2, 0.25) is 0 Å². The van der Waals surface area contributed by atoms with Gasteiger partial charge in [-0.3, -0.25) is 14.4 Å². The van der Waals surface area contributed by atoms with Crippen LogP contribution in [0.4, 0.5) is 0 Å². The third kappa shape index (κ3) is 7.66. The van der Waals surface area contributed by atoms with Gasteiger partial charge in [-0.1, -0.05) is 6.92 Å². The molecule has 0 bridgehead atoms. The quantitative estimate of drug-likeness (QED) is 0.449. The molecule has 1 atom stereocenters. The van der Waals surface area contributed by atoms with E-state index in [1.165, 1.54) is 6.92 Å². The Labute approximate surface area is 99.9 Å². The lowest BCUT2D eigenvalue weighted by molar-refractivity contribution is -0.138. The minimum Gasteiger partial charge on any atom is -0.368 e. The van der Waals surface area contributed by atoms with Gasteiger partial charge in [0.1, 0.15) is 0 Å². The molecule has 4 N–H and O–H groups in total. The summed E-state index contributed by atoms with van der Waals surface area (Å²) in [6.45, 7) is 2.59. The van der Waals surface area contributed by atoms with E-state index in [9.17, 15) is 18.0 Å². The highest BCUT2D eigenvalue weighted by atomic mass is 32.2. The van der Waals surface area contributed by atoms with Gasteiger partial charge >= 0.3 is 0 Å². The second-order valence-electron chi connectivity index (χ2n) is 3.38. The van der Waals surface area contributed by atoms with Gasteiger partial charge in [-0.25, -0.2) is 18.6 Å². The fourth-order valence-corrected chi connectivity index (χ4v) is 2.22. The van der Waals surface area contributed by atoms with Crippen LogP contribution in [0.5, 0.6) is 0 Å². The van der Waals surface area contributed by atoms with E-state index in [0.29, 0.717) is 6.42 Å². The lowest BCUT2D eigenvalue weighted by atomic mass is 10.4. The number of hydrogen-bond donors (Lipinski definition) is 3. The van der Waals surface area contributed by atoms with Crippen LogP contribution in [-0.4, -0.2) is 38.6 Å². The van der Waals surface area contributed by atoms with Crippen LogP contribution in [0.25, 0.3) is 0 Å². The Morgan fingerprint density at radius 2 is 2.00 bits per heavy atom. The van der Waals surface area contributed by atoms with Gasteiger partial charge in [0.2, 0.25) is 15.9 Å². The normalized spacial score (nSPS) is 13.1. The third-order valence-corrected chi connectivity index (χ3v) is 3.27. The minimum atomic E-state index is -3.48. The zero-order valence-corrected chi connectivity index (χ0v) is 10.5. The molecule has 9 heteroatoms. The van der Waals surface area contributed by atoms with Gasteiger partial charge in [0.05, 0.1) is 11.8 Å². The molecular weight excluding hydrogens is 250 g/mol. The summed E-state index contributed by atoms with van der Waals surface area (Å²) in [6.07, 6.45) is 0.446. The summed E-state index contributed by atoms with van der Waals surface area (Å²) in [5.41, 5.74) is 6.68. The highest BCUT2D eigenvalue weighted by Crippen LogP contribution is 1.92. The summed E-state index contributed by atoms with van der Waals surface area (Å²) in [5.74, 6) is -1.51. The van der Waals surface area contributed by atoms with Gasteiger partial charge in [-0.15, -0.1) is 0 Å². The number of sulfonamides is 1. The van der Waals surface area contributed by atoms with Crippen LogP contribution in [0.1, 0.15) is 20.3 Å². The standard InChI is InChI=1S/C8H17N3O5S/c1-3-4-17(14,15)11-6(2)8(13)10-16-5-7(9)12/h6,11H,3-5H2,1-2H3,(H2,9,12)(H,10,13). The molecule has 0 aliphatic heterocycles. The molecule has 0 radical (unpaired) electrons. The molecule has 2 amide bonds. The smallest absolute Gasteiger partial charge is 0.261 e. The van der Waals surface area contributed by atoms with Crippen molar-refractivity contribution in [2.75, 3.05) is 12.4 Å². The van der Waals surface area contributed by atoms with Crippen molar-refractivity contribution in [3.8, 4) is 0 Å². The van der Waals surface area contributed by atoms with Crippen molar-refractivity contribution in [1.82, 2.24) is 10.2 Å². The summed E-state index contributed by atoms with van der Waals surface area (Å²) >= 11 is 0. The number of amides is 2. The molecule has 0 saturated carbocycles. The monoisotopic (exact) mass is 267 g/mol. The first-order valence-corrected chi connectivity index (χ1v) is 6.63. The minimum absolute atomic E-state index is 0.0627. The fraction of sp³-hybridized carbons (Fsp3) is 0.750. The van der Waals surface area contributed by atoms with Crippen molar-refractivity contribution < 1.29 is 22.8 Å². The van der Waals surface area contributed by atoms with Crippen molar-refractivity contribution in [2.45, 2.75) is 26.3 Å². The van der Waals surface area contributed by atoms with Gasteiger partial charge in [0.25, 0.3) is 5.91 Å². The first-order valence-electron chi connectivity index (χ1n) is 4.98. The van der Waals surface area contributed by atoms with Crippen LogP contribution in [0, 0.1) is 0 Å². The van der Waals surface area contributed by atoms with E-state index >= 15 is 0 Å². The number of hydrogen-bond acceptors (Lipinski definition) is 5. The Morgan fingerprint density at radius 1 is 1.41 bits per heavy atom. The lowest BCUT2D eigenvalue weighted by Crippen LogP contribution is -2.45. The fourth-order valence-electron chi connectivity index (χ4n) is 0.917. The van der Waals surface area contributed by atoms with Crippen LogP contribution >= 0.6 is 0 Å². The summed E-state index contributed by atoms with van der Waals surface area (Å²) < 4.78 is 24.8. The van der Waals surface area contributed by atoms with E-state index < -0.39 is 34.5 Å². The molecule has 0 aromatic heterocycles. The Bertz CT molecular complexity index is 367. The number of hydroxylamine groups is 1. The zero-order chi connectivity index (χ0) is 13.5. The number of nitrogens with two attached hydrogens (primary N) is 1. The van der Waals surface area contributed by atoms with E-state index in [1.54, 1.807) is 6.92 Å². The van der Waals surface area contributed by atoms with Gasteiger partial charge in [-0.2, -0.15) is 0 Å². The van der Waals surface area contributed by atoms with Crippen molar-refractivity contribution in [3.05, 3.63) is 0 Å². The van der Waals surface area contributed by atoms with Crippen molar-refractivity contribution in [2.24, 2.45) is 5.73 Å². The number of rotatable bonds is 8. The van der Waals surface area contributed by atoms with Crippen LogP contribution < -0.4 is 15.9 Å². The maximum Gasteiger partial charge on any atom is 0.261 e. The molecule has 0 fully saturated rings. The molecule has 8 nitrogen and oxygen atoms in total. The molecule has 0 aliphatic carbocycles. The highest BCUT2D eigenvalue weighted by Gasteiger charge is 2.19. The summed E-state index contributed by atoms with van der Waals surface area (Å²) in [4.78, 5) is 26.0. The Morgan fingerprint density at radius 3 is 2.47 bits per heavy atom. The van der Waals surface area contributed by atoms with E-state index in [0.717, 1.165) is 0 Å². The number of primary amides is 1. The molecule has 0 spiro atoms. The average molecular weight is 267 g/mol. The van der Waals surface area contributed by atoms with E-state index in [4.69, 9.17) is 5.73 Å². The summed E-state index contributed by atoms with van der Waals surface area (Å²) in [6, 6.07) is -0.987. The Kier molecular flexibility index (Phi) is 6.69. The van der Waals surface area contributed by atoms with Gasteiger partial charge < -0.3 is 5.73 Å². The number of carbonyl (C=O) groups excluding carboxylic acids is 2. The first-order chi connectivity index (χ1) is 7.78. The predicted octanol–water partition coefficient (Wildman–Crippen LogP) is -1.76. The molecule has 17 heavy (non-hydrogen) atoms. The predicted molar refractivity (Wildman–Crippen MR) is 60.0 cm³/mol. The van der Waals surface area contributed by atoms with Crippen LogP contribution in [0.3, 0.4) is 0 Å².